The van der Waals surface area contributed by atoms with Gasteiger partial charge in [0, 0.05) is 13.1 Å². The van der Waals surface area contributed by atoms with E-state index in [1.807, 2.05) is 0 Å². The Morgan fingerprint density at radius 3 is 2.34 bits per heavy atom. The van der Waals surface area contributed by atoms with E-state index in [4.69, 9.17) is 4.74 Å². The molecule has 8 nitrogen and oxygen atoms in total. The van der Waals surface area contributed by atoms with Crippen LogP contribution in [0.4, 0.5) is 11.4 Å². The largest absolute Gasteiger partial charge is 0.484 e. The smallest absolute Gasteiger partial charge is 0.262 e. The number of para-hydroxylation sites is 1. The van der Waals surface area contributed by atoms with E-state index in [1.54, 1.807) is 48.5 Å². The summed E-state index contributed by atoms with van der Waals surface area (Å²) >= 11 is 0. The Hall–Kier alpha value is -3.07. The van der Waals surface area contributed by atoms with Crippen LogP contribution in [0, 0.1) is 0 Å². The lowest BCUT2D eigenvalue weighted by molar-refractivity contribution is -0.118. The zero-order valence-electron chi connectivity index (χ0n) is 18.3. The first kappa shape index (κ1) is 23.6. The Kier molecular flexibility index (Phi) is 7.74. The molecule has 0 radical (unpaired) electrons. The first-order valence-corrected chi connectivity index (χ1v) is 12.5. The van der Waals surface area contributed by atoms with Crippen LogP contribution < -0.4 is 19.7 Å². The maximum absolute atomic E-state index is 12.7. The number of hydrogen-bond acceptors (Lipinski definition) is 5. The molecule has 1 aliphatic rings. The highest BCUT2D eigenvalue weighted by atomic mass is 32.2. The summed E-state index contributed by atoms with van der Waals surface area (Å²) in [5.41, 5.74) is 1.33. The molecule has 3 rings (SSSR count). The average Bonchev–Trinajstić information content (AvgIpc) is 2.78. The Morgan fingerprint density at radius 2 is 1.69 bits per heavy atom. The molecule has 32 heavy (non-hydrogen) atoms. The van der Waals surface area contributed by atoms with Crippen molar-refractivity contribution in [3.8, 4) is 5.75 Å². The number of anilines is 2. The van der Waals surface area contributed by atoms with Gasteiger partial charge in [-0.2, -0.15) is 0 Å². The van der Waals surface area contributed by atoms with Crippen LogP contribution in [0.5, 0.6) is 5.75 Å². The third-order valence-corrected chi connectivity index (χ3v) is 6.66. The van der Waals surface area contributed by atoms with Crippen molar-refractivity contribution in [3.05, 3.63) is 54.1 Å². The van der Waals surface area contributed by atoms with Gasteiger partial charge in [0.25, 0.3) is 11.8 Å². The fraction of sp³-hybridized carbons (Fsp3) is 0.391. The molecule has 0 aromatic heterocycles. The van der Waals surface area contributed by atoms with Gasteiger partial charge >= 0.3 is 0 Å². The summed E-state index contributed by atoms with van der Waals surface area (Å²) in [4.78, 5) is 25.1. The minimum atomic E-state index is -3.35. The van der Waals surface area contributed by atoms with Crippen molar-refractivity contribution in [2.24, 2.45) is 0 Å². The number of rotatable bonds is 8. The van der Waals surface area contributed by atoms with Gasteiger partial charge in [-0.15, -0.1) is 0 Å². The Bertz CT molecular complexity index is 1050. The van der Waals surface area contributed by atoms with E-state index in [-0.39, 0.29) is 18.6 Å². The number of amides is 2. The number of sulfonamides is 1. The molecule has 172 valence electrons. The van der Waals surface area contributed by atoms with E-state index in [1.165, 1.54) is 13.5 Å². The van der Waals surface area contributed by atoms with Crippen molar-refractivity contribution < 1.29 is 22.7 Å². The SMILES string of the molecule is CN(c1ccc(OCC(=O)Nc2ccccc2C(=O)NC2CCCCC2)cc1)S(C)(=O)=O. The fourth-order valence-corrected chi connectivity index (χ4v) is 4.08. The Balaban J connectivity index is 1.56. The van der Waals surface area contributed by atoms with E-state index in [2.05, 4.69) is 10.6 Å². The summed E-state index contributed by atoms with van der Waals surface area (Å²) in [6, 6.07) is 13.4. The first-order chi connectivity index (χ1) is 15.2. The van der Waals surface area contributed by atoms with Crippen molar-refractivity contribution >= 4 is 33.2 Å². The summed E-state index contributed by atoms with van der Waals surface area (Å²) in [6.07, 6.45) is 6.52. The predicted molar refractivity (Wildman–Crippen MR) is 125 cm³/mol. The molecular weight excluding hydrogens is 430 g/mol. The summed E-state index contributed by atoms with van der Waals surface area (Å²) in [7, 11) is -1.90. The van der Waals surface area contributed by atoms with Crippen LogP contribution in [-0.2, 0) is 14.8 Å². The molecule has 0 atom stereocenters. The van der Waals surface area contributed by atoms with Gasteiger partial charge in [-0.05, 0) is 49.2 Å². The molecule has 0 bridgehead atoms. The van der Waals surface area contributed by atoms with E-state index in [0.29, 0.717) is 22.7 Å². The number of carbonyl (C=O) groups excluding carboxylic acids is 2. The van der Waals surface area contributed by atoms with Gasteiger partial charge < -0.3 is 15.4 Å². The maximum atomic E-state index is 12.7. The van der Waals surface area contributed by atoms with E-state index >= 15 is 0 Å². The van der Waals surface area contributed by atoms with Crippen LogP contribution in [0.25, 0.3) is 0 Å². The zero-order chi connectivity index (χ0) is 23.1. The summed E-state index contributed by atoms with van der Waals surface area (Å²) in [5.74, 6) is -0.173. The molecule has 0 heterocycles. The molecule has 0 spiro atoms. The molecule has 2 aromatic carbocycles. The summed E-state index contributed by atoms with van der Waals surface area (Å²) in [6.45, 7) is -0.250. The zero-order valence-corrected chi connectivity index (χ0v) is 19.2. The summed E-state index contributed by atoms with van der Waals surface area (Å²) in [5, 5.41) is 5.80. The Labute approximate surface area is 189 Å². The third-order valence-electron chi connectivity index (χ3n) is 5.45. The van der Waals surface area contributed by atoms with Crippen molar-refractivity contribution in [1.82, 2.24) is 5.32 Å². The van der Waals surface area contributed by atoms with Gasteiger partial charge in [0.05, 0.1) is 23.2 Å². The van der Waals surface area contributed by atoms with Crippen LogP contribution in [0.3, 0.4) is 0 Å². The van der Waals surface area contributed by atoms with Crippen LogP contribution in [0.1, 0.15) is 42.5 Å². The Morgan fingerprint density at radius 1 is 1.03 bits per heavy atom. The van der Waals surface area contributed by atoms with Gasteiger partial charge in [-0.25, -0.2) is 8.42 Å². The molecule has 2 N–H and O–H groups in total. The van der Waals surface area contributed by atoms with Gasteiger partial charge in [0.2, 0.25) is 10.0 Å². The molecule has 9 heteroatoms. The molecule has 2 aromatic rings. The van der Waals surface area contributed by atoms with Crippen LogP contribution in [0.15, 0.2) is 48.5 Å². The topological polar surface area (TPSA) is 105 Å². The maximum Gasteiger partial charge on any atom is 0.262 e. The van der Waals surface area contributed by atoms with Gasteiger partial charge in [-0.1, -0.05) is 31.4 Å². The number of nitrogens with zero attached hydrogens (tertiary/aromatic N) is 1. The van der Waals surface area contributed by atoms with Crippen LogP contribution in [0.2, 0.25) is 0 Å². The number of benzene rings is 2. The average molecular weight is 460 g/mol. The quantitative estimate of drug-likeness (QED) is 0.631. The van der Waals surface area contributed by atoms with Crippen molar-refractivity contribution in [2.75, 3.05) is 29.5 Å². The molecule has 1 aliphatic carbocycles. The van der Waals surface area contributed by atoms with Crippen LogP contribution >= 0.6 is 0 Å². The number of carbonyl (C=O) groups is 2. The number of ether oxygens (including phenoxy) is 1. The highest BCUT2D eigenvalue weighted by Gasteiger charge is 2.19. The van der Waals surface area contributed by atoms with Gasteiger partial charge in [-0.3, -0.25) is 13.9 Å². The van der Waals surface area contributed by atoms with Gasteiger partial charge in [0.15, 0.2) is 6.61 Å². The second-order valence-electron chi connectivity index (χ2n) is 7.92. The third kappa shape index (κ3) is 6.46. The van der Waals surface area contributed by atoms with Crippen molar-refractivity contribution in [1.29, 1.82) is 0 Å². The van der Waals surface area contributed by atoms with Crippen molar-refractivity contribution in [2.45, 2.75) is 38.1 Å². The molecule has 0 unspecified atom stereocenters. The predicted octanol–water partition coefficient (Wildman–Crippen LogP) is 3.16. The van der Waals surface area contributed by atoms with Crippen LogP contribution in [-0.4, -0.2) is 46.2 Å². The van der Waals surface area contributed by atoms with E-state index in [9.17, 15) is 18.0 Å². The first-order valence-electron chi connectivity index (χ1n) is 10.6. The van der Waals surface area contributed by atoms with Gasteiger partial charge in [0.1, 0.15) is 5.75 Å². The molecule has 1 fully saturated rings. The number of hydrogen-bond donors (Lipinski definition) is 2. The number of nitrogens with one attached hydrogen (secondary N) is 2. The van der Waals surface area contributed by atoms with Crippen molar-refractivity contribution in [3.63, 3.8) is 0 Å². The lowest BCUT2D eigenvalue weighted by atomic mass is 9.95. The molecule has 0 saturated heterocycles. The standard InChI is InChI=1S/C23H29N3O5S/c1-26(32(2,29)30)18-12-14-19(15-13-18)31-16-22(27)25-21-11-7-6-10-20(21)23(28)24-17-8-4-3-5-9-17/h6-7,10-15,17H,3-5,8-9,16H2,1-2H3,(H,24,28)(H,25,27). The minimum absolute atomic E-state index is 0.174. The highest BCUT2D eigenvalue weighted by molar-refractivity contribution is 7.92. The monoisotopic (exact) mass is 459 g/mol. The normalized spacial score (nSPS) is 14.4. The second-order valence-corrected chi connectivity index (χ2v) is 9.93. The lowest BCUT2D eigenvalue weighted by Gasteiger charge is -2.23. The minimum Gasteiger partial charge on any atom is -0.484 e. The molecular formula is C23H29N3O5S. The molecule has 0 aliphatic heterocycles. The molecule has 2 amide bonds. The summed E-state index contributed by atoms with van der Waals surface area (Å²) < 4.78 is 29.9. The second kappa shape index (κ2) is 10.5. The van der Waals surface area contributed by atoms with E-state index in [0.717, 1.165) is 36.2 Å². The van der Waals surface area contributed by atoms with E-state index < -0.39 is 15.9 Å². The highest BCUT2D eigenvalue weighted by Crippen LogP contribution is 2.21. The fourth-order valence-electron chi connectivity index (χ4n) is 3.58. The molecule has 1 saturated carbocycles. The lowest BCUT2D eigenvalue weighted by Crippen LogP contribution is -2.36.